The molecule has 0 fully saturated rings. The van der Waals surface area contributed by atoms with Crippen molar-refractivity contribution in [3.05, 3.63) is 83.8 Å². The number of carbonyl (C=O) groups excluding carboxylic acids is 1. The van der Waals surface area contributed by atoms with Crippen LogP contribution in [0.2, 0.25) is 0 Å². The number of benzene rings is 1. The summed E-state index contributed by atoms with van der Waals surface area (Å²) in [7, 11) is 0. The minimum absolute atomic E-state index is 0.168. The average molecular weight is 461 g/mol. The maximum absolute atomic E-state index is 12.7. The van der Waals surface area contributed by atoms with Gasteiger partial charge in [0.05, 0.1) is 6.33 Å². The third-order valence-corrected chi connectivity index (χ3v) is 5.47. The largest absolute Gasteiger partial charge is 0.341 e. The molecule has 0 aliphatic carbocycles. The summed E-state index contributed by atoms with van der Waals surface area (Å²) in [4.78, 5) is 37.3. The van der Waals surface area contributed by atoms with E-state index in [4.69, 9.17) is 0 Å². The average Bonchev–Trinajstić information content (AvgIpc) is 3.36. The number of pyridine rings is 2. The van der Waals surface area contributed by atoms with Crippen molar-refractivity contribution in [3.63, 3.8) is 0 Å². The summed E-state index contributed by atoms with van der Waals surface area (Å²) in [5.41, 5.74) is 6.10. The lowest BCUT2D eigenvalue weighted by molar-refractivity contribution is 0.102. The highest BCUT2D eigenvalue weighted by atomic mass is 16.1. The molecular formula is C25H19N9O. The lowest BCUT2D eigenvalue weighted by atomic mass is 10.1. The number of fused-ring (bicyclic) bond motifs is 1. The maximum atomic E-state index is 12.7. The molecule has 10 heteroatoms. The highest BCUT2D eigenvalue weighted by Crippen LogP contribution is 2.32. The van der Waals surface area contributed by atoms with Gasteiger partial charge in [-0.25, -0.2) is 24.9 Å². The minimum atomic E-state index is -0.405. The number of nitriles is 1. The first-order valence-electron chi connectivity index (χ1n) is 10.7. The van der Waals surface area contributed by atoms with Crippen molar-refractivity contribution < 1.29 is 4.79 Å². The molecule has 4 heterocycles. The van der Waals surface area contributed by atoms with Crippen molar-refractivity contribution in [2.75, 3.05) is 10.6 Å². The zero-order chi connectivity index (χ0) is 24.4. The zero-order valence-corrected chi connectivity index (χ0v) is 18.9. The second-order valence-corrected chi connectivity index (χ2v) is 7.81. The smallest absolute Gasteiger partial charge is 0.274 e. The predicted molar refractivity (Wildman–Crippen MR) is 131 cm³/mol. The number of anilines is 3. The Bertz CT molecular complexity index is 1620. The van der Waals surface area contributed by atoms with Crippen molar-refractivity contribution in [2.24, 2.45) is 0 Å². The van der Waals surface area contributed by atoms with Gasteiger partial charge in [-0.1, -0.05) is 12.1 Å². The van der Waals surface area contributed by atoms with Crippen molar-refractivity contribution >= 4 is 34.3 Å². The van der Waals surface area contributed by atoms with Crippen LogP contribution in [0.4, 0.5) is 17.2 Å². The van der Waals surface area contributed by atoms with Crippen LogP contribution in [-0.2, 0) is 0 Å². The van der Waals surface area contributed by atoms with E-state index in [1.54, 1.807) is 37.6 Å². The zero-order valence-electron chi connectivity index (χ0n) is 18.9. The van der Waals surface area contributed by atoms with Crippen LogP contribution in [0.1, 0.15) is 27.3 Å². The molecule has 1 amide bonds. The fourth-order valence-electron chi connectivity index (χ4n) is 3.59. The molecule has 0 radical (unpaired) electrons. The summed E-state index contributed by atoms with van der Waals surface area (Å²) in [6.07, 6.45) is 4.73. The standard InChI is InChI=1S/C25H19N9O/c1-14-5-7-16(32-25(35)18-8-6-15(2)20(11-26)33-18)10-19(14)34-23-17(4-3-9-27-23)21-22-24(30-12-28-21)31-13-29-22/h3-10,12-13H,1-2H3,(H,27,34)(H,32,35)(H,28,29,30,31). The third kappa shape index (κ3) is 4.26. The van der Waals surface area contributed by atoms with Gasteiger partial charge in [0, 0.05) is 23.1 Å². The first kappa shape index (κ1) is 21.7. The van der Waals surface area contributed by atoms with Crippen LogP contribution in [0.25, 0.3) is 22.4 Å². The van der Waals surface area contributed by atoms with Crippen LogP contribution in [-0.4, -0.2) is 35.8 Å². The van der Waals surface area contributed by atoms with Gasteiger partial charge in [-0.3, -0.25) is 4.79 Å². The van der Waals surface area contributed by atoms with E-state index in [1.165, 1.54) is 6.33 Å². The molecule has 0 aliphatic heterocycles. The molecule has 0 unspecified atom stereocenters. The normalized spacial score (nSPS) is 10.7. The molecular weight excluding hydrogens is 442 g/mol. The number of aryl methyl sites for hydroxylation is 2. The van der Waals surface area contributed by atoms with Crippen LogP contribution in [0.5, 0.6) is 0 Å². The lowest BCUT2D eigenvalue weighted by Gasteiger charge is -2.14. The van der Waals surface area contributed by atoms with E-state index in [0.717, 1.165) is 16.8 Å². The number of H-pyrrole nitrogens is 1. The highest BCUT2D eigenvalue weighted by molar-refractivity contribution is 6.03. The number of nitrogens with one attached hydrogen (secondary N) is 3. The first-order chi connectivity index (χ1) is 17.0. The molecule has 35 heavy (non-hydrogen) atoms. The Morgan fingerprint density at radius 2 is 1.89 bits per heavy atom. The quantitative estimate of drug-likeness (QED) is 0.351. The number of carbonyl (C=O) groups is 1. The second kappa shape index (κ2) is 8.99. The SMILES string of the molecule is Cc1ccc(NC(=O)c2ccc(C)c(C#N)n2)cc1Nc1ncccc1-c1ncnc2nc[nH]c12. The van der Waals surface area contributed by atoms with E-state index in [9.17, 15) is 10.1 Å². The Morgan fingerprint density at radius 1 is 1.03 bits per heavy atom. The highest BCUT2D eigenvalue weighted by Gasteiger charge is 2.15. The summed E-state index contributed by atoms with van der Waals surface area (Å²) in [6.45, 7) is 3.73. The van der Waals surface area contributed by atoms with Gasteiger partial charge >= 0.3 is 0 Å². The van der Waals surface area contributed by atoms with Gasteiger partial charge in [0.15, 0.2) is 5.65 Å². The lowest BCUT2D eigenvalue weighted by Crippen LogP contribution is -2.14. The van der Waals surface area contributed by atoms with Gasteiger partial charge in [0.1, 0.15) is 40.8 Å². The Balaban J connectivity index is 1.45. The molecule has 3 N–H and O–H groups in total. The van der Waals surface area contributed by atoms with Crippen molar-refractivity contribution in [1.82, 2.24) is 29.9 Å². The van der Waals surface area contributed by atoms with Crippen molar-refractivity contribution in [3.8, 4) is 17.3 Å². The van der Waals surface area contributed by atoms with Crippen molar-refractivity contribution in [2.45, 2.75) is 13.8 Å². The number of hydrogen-bond donors (Lipinski definition) is 3. The van der Waals surface area contributed by atoms with Crippen LogP contribution in [0.3, 0.4) is 0 Å². The molecule has 5 aromatic rings. The van der Waals surface area contributed by atoms with E-state index >= 15 is 0 Å². The van der Waals surface area contributed by atoms with E-state index in [-0.39, 0.29) is 11.4 Å². The topological polar surface area (TPSA) is 145 Å². The fourth-order valence-corrected chi connectivity index (χ4v) is 3.59. The van der Waals surface area contributed by atoms with E-state index in [2.05, 4.69) is 40.5 Å². The van der Waals surface area contributed by atoms with E-state index < -0.39 is 5.91 Å². The molecule has 0 atom stereocenters. The van der Waals surface area contributed by atoms with E-state index in [0.29, 0.717) is 33.9 Å². The molecule has 1 aromatic carbocycles. The first-order valence-corrected chi connectivity index (χ1v) is 10.7. The summed E-state index contributed by atoms with van der Waals surface area (Å²) in [5.74, 6) is 0.185. The fraction of sp³-hybridized carbons (Fsp3) is 0.0800. The molecule has 0 bridgehead atoms. The van der Waals surface area contributed by atoms with Crippen LogP contribution in [0, 0.1) is 25.2 Å². The third-order valence-electron chi connectivity index (χ3n) is 5.47. The van der Waals surface area contributed by atoms with Gasteiger partial charge in [-0.15, -0.1) is 0 Å². The summed E-state index contributed by atoms with van der Waals surface area (Å²) < 4.78 is 0. The Kier molecular flexibility index (Phi) is 5.57. The number of rotatable bonds is 5. The number of amides is 1. The minimum Gasteiger partial charge on any atom is -0.341 e. The number of aromatic amines is 1. The van der Waals surface area contributed by atoms with Crippen LogP contribution >= 0.6 is 0 Å². The second-order valence-electron chi connectivity index (χ2n) is 7.81. The number of nitrogens with zero attached hydrogens (tertiary/aromatic N) is 6. The molecule has 4 aromatic heterocycles. The molecule has 0 spiro atoms. The molecule has 5 rings (SSSR count). The molecule has 0 aliphatic rings. The molecule has 0 saturated heterocycles. The Hall–Kier alpha value is -5.17. The molecule has 0 saturated carbocycles. The van der Waals surface area contributed by atoms with Gasteiger partial charge in [0.25, 0.3) is 5.91 Å². The van der Waals surface area contributed by atoms with Gasteiger partial charge in [-0.05, 0) is 55.3 Å². The number of hydrogen-bond acceptors (Lipinski definition) is 8. The molecule has 170 valence electrons. The van der Waals surface area contributed by atoms with Crippen molar-refractivity contribution in [1.29, 1.82) is 5.26 Å². The number of imidazole rings is 1. The monoisotopic (exact) mass is 461 g/mol. The van der Waals surface area contributed by atoms with Gasteiger partial charge in [0.2, 0.25) is 0 Å². The van der Waals surface area contributed by atoms with Gasteiger partial charge < -0.3 is 15.6 Å². The Labute approximate surface area is 200 Å². The summed E-state index contributed by atoms with van der Waals surface area (Å²) in [5, 5.41) is 15.4. The van der Waals surface area contributed by atoms with E-state index in [1.807, 2.05) is 37.3 Å². The number of aromatic nitrogens is 6. The summed E-state index contributed by atoms with van der Waals surface area (Å²) >= 11 is 0. The van der Waals surface area contributed by atoms with Crippen LogP contribution in [0.15, 0.2) is 61.3 Å². The Morgan fingerprint density at radius 3 is 2.74 bits per heavy atom. The van der Waals surface area contributed by atoms with Crippen LogP contribution < -0.4 is 10.6 Å². The predicted octanol–water partition coefficient (Wildman–Crippen LogP) is 4.29. The maximum Gasteiger partial charge on any atom is 0.274 e. The van der Waals surface area contributed by atoms with Gasteiger partial charge in [-0.2, -0.15) is 5.26 Å². The summed E-state index contributed by atoms with van der Waals surface area (Å²) in [6, 6.07) is 14.6. The molecule has 10 nitrogen and oxygen atoms in total.